The Morgan fingerprint density at radius 3 is 3.00 bits per heavy atom. The maximum atomic E-state index is 10.9. The summed E-state index contributed by atoms with van der Waals surface area (Å²) in [5.74, 6) is -0.173. The summed E-state index contributed by atoms with van der Waals surface area (Å²) in [6.45, 7) is 0.496. The van der Waals surface area contributed by atoms with E-state index in [1.165, 1.54) is 18.6 Å². The highest BCUT2D eigenvalue weighted by molar-refractivity contribution is 6.33. The second-order valence-corrected chi connectivity index (χ2v) is 3.77. The van der Waals surface area contributed by atoms with Crippen molar-refractivity contribution in [1.82, 2.24) is 15.1 Å². The van der Waals surface area contributed by atoms with E-state index in [4.69, 9.17) is 21.2 Å². The van der Waals surface area contributed by atoms with Gasteiger partial charge < -0.3 is 14.9 Å². The van der Waals surface area contributed by atoms with Crippen LogP contribution in [0.1, 0.15) is 16.2 Å². The van der Waals surface area contributed by atoms with Gasteiger partial charge in [-0.15, -0.1) is 0 Å². The minimum absolute atomic E-state index is 0.00644. The van der Waals surface area contributed by atoms with Crippen molar-refractivity contribution in [3.8, 4) is 0 Å². The third kappa shape index (κ3) is 2.95. The van der Waals surface area contributed by atoms with E-state index in [0.717, 1.165) is 0 Å². The Kier molecular flexibility index (Phi) is 3.73. The van der Waals surface area contributed by atoms with E-state index in [1.807, 2.05) is 0 Å². The fraction of sp³-hybridized carbons (Fsp3) is 0.200. The zero-order valence-corrected chi connectivity index (χ0v) is 9.89. The normalized spacial score (nSPS) is 10.3. The number of aromatic carboxylic acids is 1. The van der Waals surface area contributed by atoms with E-state index in [9.17, 15) is 4.79 Å². The number of hydrogen-bond acceptors (Lipinski definition) is 6. The number of pyridine rings is 1. The van der Waals surface area contributed by atoms with Crippen LogP contribution in [0.4, 0.5) is 5.82 Å². The van der Waals surface area contributed by atoms with Crippen LogP contribution in [0.3, 0.4) is 0 Å². The van der Waals surface area contributed by atoms with Crippen molar-refractivity contribution in [3.63, 3.8) is 0 Å². The second kappa shape index (κ2) is 5.46. The van der Waals surface area contributed by atoms with Gasteiger partial charge in [0.2, 0.25) is 5.89 Å². The molecule has 0 fully saturated rings. The summed E-state index contributed by atoms with van der Waals surface area (Å²) in [4.78, 5) is 18.7. The number of nitrogens with zero attached hydrogens (tertiary/aromatic N) is 3. The van der Waals surface area contributed by atoms with Gasteiger partial charge in [0.15, 0.2) is 6.33 Å². The van der Waals surface area contributed by atoms with Crippen molar-refractivity contribution in [3.05, 3.63) is 35.1 Å². The molecule has 0 aromatic carbocycles. The highest BCUT2D eigenvalue weighted by Crippen LogP contribution is 2.17. The van der Waals surface area contributed by atoms with Gasteiger partial charge in [0.1, 0.15) is 5.82 Å². The Morgan fingerprint density at radius 1 is 1.50 bits per heavy atom. The first-order valence-corrected chi connectivity index (χ1v) is 5.43. The molecule has 18 heavy (non-hydrogen) atoms. The molecule has 0 aliphatic rings. The van der Waals surface area contributed by atoms with Crippen LogP contribution in [0.5, 0.6) is 0 Å². The average Bonchev–Trinajstić information content (AvgIpc) is 2.84. The first kappa shape index (κ1) is 12.3. The van der Waals surface area contributed by atoms with Crippen LogP contribution in [-0.4, -0.2) is 32.7 Å². The number of rotatable bonds is 5. The minimum atomic E-state index is -1.10. The van der Waals surface area contributed by atoms with Crippen LogP contribution in [-0.2, 0) is 6.42 Å². The first-order chi connectivity index (χ1) is 8.66. The van der Waals surface area contributed by atoms with Crippen LogP contribution in [0.2, 0.25) is 5.02 Å². The Morgan fingerprint density at radius 2 is 2.33 bits per heavy atom. The van der Waals surface area contributed by atoms with Crippen LogP contribution in [0, 0.1) is 0 Å². The Balaban J connectivity index is 1.97. The van der Waals surface area contributed by atoms with E-state index >= 15 is 0 Å². The molecule has 0 atom stereocenters. The number of nitrogens with one attached hydrogen (secondary N) is 1. The first-order valence-electron chi connectivity index (χ1n) is 5.05. The molecule has 0 amide bonds. The maximum Gasteiger partial charge on any atom is 0.337 e. The molecule has 0 saturated heterocycles. The van der Waals surface area contributed by atoms with Gasteiger partial charge in [-0.05, 0) is 6.07 Å². The fourth-order valence-electron chi connectivity index (χ4n) is 1.30. The predicted octanol–water partition coefficient (Wildman–Crippen LogP) is 1.47. The summed E-state index contributed by atoms with van der Waals surface area (Å²) in [5, 5.41) is 15.4. The second-order valence-electron chi connectivity index (χ2n) is 3.37. The molecule has 2 heterocycles. The lowest BCUT2D eigenvalue weighted by molar-refractivity contribution is 0.0697. The number of carboxylic acids is 1. The van der Waals surface area contributed by atoms with Crippen molar-refractivity contribution < 1.29 is 14.4 Å². The van der Waals surface area contributed by atoms with Crippen LogP contribution < -0.4 is 5.32 Å². The van der Waals surface area contributed by atoms with Crippen LogP contribution in [0.15, 0.2) is 23.1 Å². The molecule has 0 spiro atoms. The Bertz CT molecular complexity index is 544. The molecule has 8 heteroatoms. The highest BCUT2D eigenvalue weighted by Gasteiger charge is 2.10. The van der Waals surface area contributed by atoms with Gasteiger partial charge in [0.05, 0.1) is 10.6 Å². The van der Waals surface area contributed by atoms with Gasteiger partial charge in [-0.1, -0.05) is 16.8 Å². The van der Waals surface area contributed by atoms with Gasteiger partial charge in [-0.3, -0.25) is 0 Å². The quantitative estimate of drug-likeness (QED) is 0.846. The Hall–Kier alpha value is -2.15. The molecule has 2 aromatic rings. The molecule has 0 aliphatic carbocycles. The number of carbonyl (C=O) groups is 1. The average molecular weight is 269 g/mol. The van der Waals surface area contributed by atoms with E-state index in [2.05, 4.69) is 20.4 Å². The summed E-state index contributed by atoms with van der Waals surface area (Å²) >= 11 is 5.70. The van der Waals surface area contributed by atoms with E-state index in [-0.39, 0.29) is 10.6 Å². The number of aromatic nitrogens is 3. The zero-order chi connectivity index (χ0) is 13.0. The lowest BCUT2D eigenvalue weighted by Crippen LogP contribution is -2.08. The summed E-state index contributed by atoms with van der Waals surface area (Å²) in [7, 11) is 0. The molecule has 7 nitrogen and oxygen atoms in total. The summed E-state index contributed by atoms with van der Waals surface area (Å²) in [5.41, 5.74) is 0.00644. The van der Waals surface area contributed by atoms with E-state index < -0.39 is 5.97 Å². The van der Waals surface area contributed by atoms with Gasteiger partial charge in [-0.2, -0.15) is 4.98 Å². The van der Waals surface area contributed by atoms with Gasteiger partial charge in [0.25, 0.3) is 0 Å². The predicted molar refractivity (Wildman–Crippen MR) is 62.7 cm³/mol. The Labute approximate surface area is 107 Å². The summed E-state index contributed by atoms with van der Waals surface area (Å²) < 4.78 is 4.82. The largest absolute Gasteiger partial charge is 0.478 e. The van der Waals surface area contributed by atoms with Crippen molar-refractivity contribution in [2.45, 2.75) is 6.42 Å². The molecule has 0 bridgehead atoms. The molecule has 0 saturated carbocycles. The summed E-state index contributed by atoms with van der Waals surface area (Å²) in [6.07, 6.45) is 3.13. The number of carboxylic acid groups (broad SMARTS) is 1. The SMILES string of the molecule is O=C(O)c1cc(NCCc2ncno2)ncc1Cl. The lowest BCUT2D eigenvalue weighted by Gasteiger charge is -2.05. The third-order valence-corrected chi connectivity index (χ3v) is 2.44. The van der Waals surface area contributed by atoms with E-state index in [0.29, 0.717) is 24.7 Å². The highest BCUT2D eigenvalue weighted by atomic mass is 35.5. The summed E-state index contributed by atoms with van der Waals surface area (Å²) in [6, 6.07) is 1.37. The number of halogens is 1. The monoisotopic (exact) mass is 268 g/mol. The van der Waals surface area contributed by atoms with Crippen molar-refractivity contribution in [2.24, 2.45) is 0 Å². The molecule has 0 radical (unpaired) electrons. The smallest absolute Gasteiger partial charge is 0.337 e. The topological polar surface area (TPSA) is 101 Å². The van der Waals surface area contributed by atoms with Crippen molar-refractivity contribution in [1.29, 1.82) is 0 Å². The van der Waals surface area contributed by atoms with Crippen molar-refractivity contribution >= 4 is 23.4 Å². The van der Waals surface area contributed by atoms with Crippen LogP contribution in [0.25, 0.3) is 0 Å². The lowest BCUT2D eigenvalue weighted by atomic mass is 10.2. The molecule has 2 rings (SSSR count). The molecular formula is C10H9ClN4O3. The minimum Gasteiger partial charge on any atom is -0.478 e. The molecule has 0 aliphatic heterocycles. The number of hydrogen-bond donors (Lipinski definition) is 2. The van der Waals surface area contributed by atoms with Gasteiger partial charge in [-0.25, -0.2) is 9.78 Å². The molecule has 0 unspecified atom stereocenters. The van der Waals surface area contributed by atoms with E-state index in [1.54, 1.807) is 0 Å². The third-order valence-electron chi connectivity index (χ3n) is 2.14. The maximum absolute atomic E-state index is 10.9. The standard InChI is InChI=1S/C10H9ClN4O3/c11-7-4-13-8(3-6(7)10(16)17)12-2-1-9-14-5-15-18-9/h3-5H,1-2H2,(H,12,13)(H,16,17). The fourth-order valence-corrected chi connectivity index (χ4v) is 1.49. The molecule has 2 aromatic heterocycles. The van der Waals surface area contributed by atoms with Gasteiger partial charge in [0, 0.05) is 19.2 Å². The van der Waals surface area contributed by atoms with Crippen molar-refractivity contribution in [2.75, 3.05) is 11.9 Å². The molecule has 2 N–H and O–H groups in total. The van der Waals surface area contributed by atoms with Crippen LogP contribution >= 0.6 is 11.6 Å². The number of anilines is 1. The molecular weight excluding hydrogens is 260 g/mol. The molecule has 94 valence electrons. The zero-order valence-electron chi connectivity index (χ0n) is 9.13. The van der Waals surface area contributed by atoms with Gasteiger partial charge >= 0.3 is 5.97 Å².